The Bertz CT molecular complexity index is 2450. The second-order valence-corrected chi connectivity index (χ2v) is 30.3. The predicted octanol–water partition coefficient (Wildman–Crippen LogP) is 27.1. The summed E-state index contributed by atoms with van der Waals surface area (Å²) >= 11 is 12.2. The summed E-state index contributed by atoms with van der Waals surface area (Å²) in [6, 6.07) is 5.14. The normalized spacial score (nSPS) is 11.9. The van der Waals surface area contributed by atoms with Crippen molar-refractivity contribution in [1.29, 1.82) is 0 Å². The van der Waals surface area contributed by atoms with Crippen molar-refractivity contribution in [2.24, 2.45) is 0 Å². The lowest BCUT2D eigenvalue weighted by atomic mass is 10.0. The van der Waals surface area contributed by atoms with Crippen molar-refractivity contribution >= 4 is 77.4 Å². The van der Waals surface area contributed by atoms with Crippen LogP contribution in [-0.4, -0.2) is 9.97 Å². The number of aryl methyl sites for hydroxylation is 6. The van der Waals surface area contributed by atoms with Gasteiger partial charge in [-0.1, -0.05) is 259 Å². The molecule has 6 aromatic heterocycles. The highest BCUT2D eigenvalue weighted by molar-refractivity contribution is 7.34. The number of hydrogen-bond acceptors (Lipinski definition) is 8. The molecule has 6 rings (SSSR count). The van der Waals surface area contributed by atoms with Crippen LogP contribution in [0.4, 0.5) is 0 Å². The predicted molar refractivity (Wildman–Crippen MR) is 360 cm³/mol. The molecule has 0 bridgehead atoms. The molecule has 0 aromatic carbocycles. The first-order chi connectivity index (χ1) is 38.4. The van der Waals surface area contributed by atoms with Crippen LogP contribution >= 0.6 is 68.0 Å². The van der Waals surface area contributed by atoms with E-state index in [1.54, 1.807) is 41.4 Å². The monoisotopic (exact) mass is 1170 g/mol. The smallest absolute Gasteiger partial charge is 0.133 e. The van der Waals surface area contributed by atoms with Crippen LogP contribution in [0.5, 0.6) is 0 Å². The summed E-state index contributed by atoms with van der Waals surface area (Å²) in [5.74, 6) is 0. The number of aromatic nitrogens is 2. The van der Waals surface area contributed by atoms with E-state index in [0.29, 0.717) is 0 Å². The van der Waals surface area contributed by atoms with E-state index in [2.05, 4.69) is 111 Å². The highest BCUT2D eigenvalue weighted by Crippen LogP contribution is 2.52. The highest BCUT2D eigenvalue weighted by Gasteiger charge is 2.26. The van der Waals surface area contributed by atoms with Gasteiger partial charge in [0.1, 0.15) is 5.01 Å². The molecule has 0 saturated carbocycles. The van der Waals surface area contributed by atoms with E-state index in [-0.39, 0.29) is 0 Å². The van der Waals surface area contributed by atoms with Gasteiger partial charge in [-0.25, -0.2) is 9.97 Å². The fourth-order valence-corrected chi connectivity index (χ4v) is 19.4. The largest absolute Gasteiger partial charge is 0.249 e. The van der Waals surface area contributed by atoms with Gasteiger partial charge in [-0.15, -0.1) is 68.0 Å². The van der Waals surface area contributed by atoms with Gasteiger partial charge in [0.2, 0.25) is 0 Å². The summed E-state index contributed by atoms with van der Waals surface area (Å²) in [5.41, 5.74) is 6.42. The van der Waals surface area contributed by atoms with Crippen molar-refractivity contribution in [3.05, 3.63) is 56.7 Å². The average molecular weight is 1170 g/mol. The second-order valence-electron chi connectivity index (χ2n) is 23.7. The Kier molecular flexibility index (Phi) is 33.4. The lowest BCUT2D eigenvalue weighted by Gasteiger charge is -2.07. The third-order valence-corrected chi connectivity index (χ3v) is 24.2. The highest BCUT2D eigenvalue weighted by atomic mass is 32.1. The third kappa shape index (κ3) is 22.8. The maximum absolute atomic E-state index is 5.39. The van der Waals surface area contributed by atoms with E-state index in [9.17, 15) is 0 Å². The van der Waals surface area contributed by atoms with Gasteiger partial charge in [-0.2, -0.15) is 0 Å². The van der Waals surface area contributed by atoms with Crippen LogP contribution in [0, 0.1) is 13.8 Å². The Morgan fingerprint density at radius 2 is 0.628 bits per heavy atom. The van der Waals surface area contributed by atoms with E-state index in [0.717, 1.165) is 0 Å². The molecular weight excluding hydrogens is 1060 g/mol. The molecule has 6 aromatic rings. The van der Waals surface area contributed by atoms with Gasteiger partial charge >= 0.3 is 0 Å². The molecule has 0 spiro atoms. The molecule has 0 N–H and O–H groups in total. The minimum absolute atomic E-state index is 1.17. The van der Waals surface area contributed by atoms with Gasteiger partial charge in [0.05, 0.1) is 29.4 Å². The maximum Gasteiger partial charge on any atom is 0.133 e. The Hall–Kier alpha value is -1.68. The molecule has 6 heterocycles. The number of thiazole rings is 2. The van der Waals surface area contributed by atoms with Crippen molar-refractivity contribution in [2.45, 2.75) is 324 Å². The number of hydrogen-bond donors (Lipinski definition) is 0. The van der Waals surface area contributed by atoms with Crippen LogP contribution in [0.15, 0.2) is 24.5 Å². The molecule has 0 amide bonds. The Morgan fingerprint density at radius 1 is 0.295 bits per heavy atom. The van der Waals surface area contributed by atoms with Gasteiger partial charge < -0.3 is 0 Å². The minimum atomic E-state index is 1.17. The summed E-state index contributed by atoms with van der Waals surface area (Å²) in [7, 11) is 0. The fraction of sp³-hybridized carbons (Fsp3) is 0.714. The van der Waals surface area contributed by atoms with Crippen LogP contribution in [0.25, 0.3) is 48.5 Å². The molecule has 0 radical (unpaired) electrons. The minimum Gasteiger partial charge on any atom is -0.249 e. The van der Waals surface area contributed by atoms with Crippen LogP contribution in [0.1, 0.15) is 317 Å². The van der Waals surface area contributed by atoms with Gasteiger partial charge in [0.15, 0.2) is 0 Å². The van der Waals surface area contributed by atoms with Gasteiger partial charge in [0, 0.05) is 36.4 Å². The number of thiophene rings is 4. The molecule has 78 heavy (non-hydrogen) atoms. The second kappa shape index (κ2) is 39.7. The topological polar surface area (TPSA) is 25.8 Å². The number of rotatable bonds is 48. The molecule has 0 fully saturated rings. The number of nitrogens with zero attached hydrogens (tertiary/aromatic N) is 2. The van der Waals surface area contributed by atoms with E-state index in [4.69, 9.17) is 9.97 Å². The van der Waals surface area contributed by atoms with Crippen LogP contribution in [0.2, 0.25) is 0 Å². The molecular formula is C70H110N2S6. The standard InChI is InChI=1S/C70H110N2S6/c1-7-11-15-19-23-27-31-35-39-43-47-57-51-55(5)73-64(57)65-58(48-44-40-36-32-28-24-20-16-12-8-2)52-61(75-65)70-72-54-63(76-70)67-60(50-46-42-38-34-30-26-22-18-14-10-4)69-68(78-67)59(66(77-69)62-53-71-56(6)74-62)49-45-41-37-33-29-25-21-17-13-9-3/h51-54H,7-50H2,1-6H3. The molecule has 0 aliphatic heterocycles. The maximum atomic E-state index is 5.39. The first kappa shape index (κ1) is 65.5. The quantitative estimate of drug-likeness (QED) is 0.0356. The average Bonchev–Trinajstić information content (AvgIpc) is 4.32. The van der Waals surface area contributed by atoms with Crippen molar-refractivity contribution in [1.82, 2.24) is 9.97 Å². The SMILES string of the molecule is CCCCCCCCCCCCc1cc(C)sc1-c1sc(-c2ncc(-c3sc4c(CCCCCCCCCCCC)c(-c5cnc(C)s5)sc4c3CCCCCCCCCCCC)s2)cc1CCCCCCCCCCCC. The summed E-state index contributed by atoms with van der Waals surface area (Å²) in [4.78, 5) is 22.0. The Labute approximate surface area is 503 Å². The zero-order chi connectivity index (χ0) is 54.8. The third-order valence-electron chi connectivity index (χ3n) is 16.6. The number of unbranched alkanes of at least 4 members (excludes halogenated alkanes) is 36. The van der Waals surface area contributed by atoms with E-state index in [1.165, 1.54) is 322 Å². The van der Waals surface area contributed by atoms with Crippen LogP contribution < -0.4 is 0 Å². The summed E-state index contributed by atoms with van der Waals surface area (Å²) in [5, 5.41) is 2.40. The first-order valence-electron chi connectivity index (χ1n) is 33.1. The Balaban J connectivity index is 1.23. The zero-order valence-corrected chi connectivity index (χ0v) is 55.7. The van der Waals surface area contributed by atoms with Crippen molar-refractivity contribution in [3.63, 3.8) is 0 Å². The number of fused-ring (bicyclic) bond motifs is 1. The molecule has 0 atom stereocenters. The Morgan fingerprint density at radius 3 is 1.01 bits per heavy atom. The fourth-order valence-electron chi connectivity index (χ4n) is 11.9. The van der Waals surface area contributed by atoms with E-state index >= 15 is 0 Å². The molecule has 0 saturated heterocycles. The van der Waals surface area contributed by atoms with Gasteiger partial charge in [0.25, 0.3) is 0 Å². The lowest BCUT2D eigenvalue weighted by molar-refractivity contribution is 0.556. The molecule has 0 aliphatic carbocycles. The molecule has 0 aliphatic rings. The van der Waals surface area contributed by atoms with E-state index in [1.807, 2.05) is 22.7 Å². The van der Waals surface area contributed by atoms with Gasteiger partial charge in [-0.3, -0.25) is 0 Å². The molecule has 8 heteroatoms. The van der Waals surface area contributed by atoms with Crippen LogP contribution in [-0.2, 0) is 25.7 Å². The lowest BCUT2D eigenvalue weighted by Crippen LogP contribution is -1.90. The molecule has 2 nitrogen and oxygen atoms in total. The van der Waals surface area contributed by atoms with Gasteiger partial charge in [-0.05, 0) is 99.6 Å². The molecule has 436 valence electrons. The first-order valence-corrected chi connectivity index (χ1v) is 38.0. The van der Waals surface area contributed by atoms with Crippen molar-refractivity contribution in [2.75, 3.05) is 0 Å². The summed E-state index contributed by atoms with van der Waals surface area (Å²) in [6.45, 7) is 13.8. The summed E-state index contributed by atoms with van der Waals surface area (Å²) < 4.78 is 3.15. The van der Waals surface area contributed by atoms with Crippen LogP contribution in [0.3, 0.4) is 0 Å². The zero-order valence-electron chi connectivity index (χ0n) is 50.8. The van der Waals surface area contributed by atoms with Crippen molar-refractivity contribution < 1.29 is 0 Å². The van der Waals surface area contributed by atoms with E-state index < -0.39 is 0 Å². The summed E-state index contributed by atoms with van der Waals surface area (Å²) in [6.07, 6.45) is 64.5. The molecule has 0 unspecified atom stereocenters. The van der Waals surface area contributed by atoms with Crippen molar-refractivity contribution in [3.8, 4) is 39.1 Å².